The Balaban J connectivity index is 2.53. The molecular formula is C13H15NO. The Kier molecular flexibility index (Phi) is 2.88. The molecule has 0 fully saturated rings. The van der Waals surface area contributed by atoms with Crippen LogP contribution in [0.2, 0.25) is 0 Å². The molecule has 0 aromatic heterocycles. The zero-order valence-electron chi connectivity index (χ0n) is 9.08. The highest BCUT2D eigenvalue weighted by atomic mass is 16.5. The van der Waals surface area contributed by atoms with E-state index in [0.29, 0.717) is 6.73 Å². The van der Waals surface area contributed by atoms with Crippen molar-refractivity contribution >= 4 is 10.8 Å². The van der Waals surface area contributed by atoms with Gasteiger partial charge in [-0.2, -0.15) is 0 Å². The van der Waals surface area contributed by atoms with E-state index in [2.05, 4.69) is 36.5 Å². The molecule has 0 aliphatic carbocycles. The summed E-state index contributed by atoms with van der Waals surface area (Å²) in [5, 5.41) is 5.38. The van der Waals surface area contributed by atoms with Crippen molar-refractivity contribution in [3.63, 3.8) is 0 Å². The molecule has 0 spiro atoms. The zero-order chi connectivity index (χ0) is 10.7. The van der Waals surface area contributed by atoms with Gasteiger partial charge in [0, 0.05) is 5.39 Å². The molecule has 78 valence electrons. The summed E-state index contributed by atoms with van der Waals surface area (Å²) in [6.45, 7) is 2.60. The van der Waals surface area contributed by atoms with Crippen molar-refractivity contribution in [3.8, 4) is 5.75 Å². The molecule has 2 aromatic rings. The predicted molar refractivity (Wildman–Crippen MR) is 63.2 cm³/mol. The average Bonchev–Trinajstić information content (AvgIpc) is 2.28. The van der Waals surface area contributed by atoms with Gasteiger partial charge in [-0.1, -0.05) is 36.4 Å². The lowest BCUT2D eigenvalue weighted by molar-refractivity contribution is 0.297. The third-order valence-corrected chi connectivity index (χ3v) is 2.44. The van der Waals surface area contributed by atoms with Gasteiger partial charge in [0.1, 0.15) is 12.5 Å². The average molecular weight is 201 g/mol. The smallest absolute Gasteiger partial charge is 0.139 e. The third kappa shape index (κ3) is 1.95. The Hall–Kier alpha value is -1.54. The normalized spacial score (nSPS) is 10.5. The largest absolute Gasteiger partial charge is 0.477 e. The van der Waals surface area contributed by atoms with Crippen LogP contribution in [0.1, 0.15) is 5.56 Å². The van der Waals surface area contributed by atoms with Crippen molar-refractivity contribution < 1.29 is 4.74 Å². The Morgan fingerprint density at radius 3 is 2.73 bits per heavy atom. The van der Waals surface area contributed by atoms with Crippen molar-refractivity contribution in [3.05, 3.63) is 42.0 Å². The lowest BCUT2D eigenvalue weighted by Gasteiger charge is -2.11. The minimum atomic E-state index is 0.537. The summed E-state index contributed by atoms with van der Waals surface area (Å²) in [5.74, 6) is 0.974. The van der Waals surface area contributed by atoms with E-state index < -0.39 is 0 Å². The number of fused-ring (bicyclic) bond motifs is 1. The van der Waals surface area contributed by atoms with E-state index in [1.165, 1.54) is 16.3 Å². The van der Waals surface area contributed by atoms with E-state index in [4.69, 9.17) is 4.74 Å². The summed E-state index contributed by atoms with van der Waals surface area (Å²) in [6, 6.07) is 12.5. The van der Waals surface area contributed by atoms with Crippen LogP contribution >= 0.6 is 0 Å². The Labute approximate surface area is 89.9 Å². The fourth-order valence-electron chi connectivity index (χ4n) is 1.69. The molecule has 15 heavy (non-hydrogen) atoms. The van der Waals surface area contributed by atoms with Gasteiger partial charge in [0.25, 0.3) is 0 Å². The maximum Gasteiger partial charge on any atom is 0.139 e. The highest BCUT2D eigenvalue weighted by Crippen LogP contribution is 2.28. The summed E-state index contributed by atoms with van der Waals surface area (Å²) in [7, 11) is 1.88. The van der Waals surface area contributed by atoms with Crippen LogP contribution in [-0.4, -0.2) is 13.8 Å². The number of rotatable bonds is 3. The van der Waals surface area contributed by atoms with Crippen LogP contribution in [0.25, 0.3) is 10.8 Å². The predicted octanol–water partition coefficient (Wildman–Crippen LogP) is 2.70. The van der Waals surface area contributed by atoms with Gasteiger partial charge in [-0.3, -0.25) is 5.32 Å². The quantitative estimate of drug-likeness (QED) is 0.771. The molecule has 0 saturated heterocycles. The van der Waals surface area contributed by atoms with Gasteiger partial charge >= 0.3 is 0 Å². The van der Waals surface area contributed by atoms with E-state index in [1.807, 2.05) is 19.2 Å². The molecule has 0 bridgehead atoms. The van der Waals surface area contributed by atoms with Crippen LogP contribution in [0, 0.1) is 6.92 Å². The van der Waals surface area contributed by atoms with Gasteiger partial charge in [-0.15, -0.1) is 0 Å². The lowest BCUT2D eigenvalue weighted by atomic mass is 10.1. The molecule has 2 heteroatoms. The fraction of sp³-hybridized carbons (Fsp3) is 0.231. The van der Waals surface area contributed by atoms with Crippen LogP contribution in [-0.2, 0) is 0 Å². The summed E-state index contributed by atoms with van der Waals surface area (Å²) >= 11 is 0. The van der Waals surface area contributed by atoms with Crippen LogP contribution in [0.5, 0.6) is 5.75 Å². The second-order valence-electron chi connectivity index (χ2n) is 3.57. The van der Waals surface area contributed by atoms with E-state index in [0.717, 1.165) is 5.75 Å². The first kappa shape index (κ1) is 9.99. The number of hydrogen-bond donors (Lipinski definition) is 1. The minimum Gasteiger partial charge on any atom is -0.477 e. The summed E-state index contributed by atoms with van der Waals surface area (Å²) in [6.07, 6.45) is 0. The second kappa shape index (κ2) is 4.32. The number of nitrogens with one attached hydrogen (secondary N) is 1. The molecular weight excluding hydrogens is 186 g/mol. The molecule has 0 atom stereocenters. The van der Waals surface area contributed by atoms with Crippen LogP contribution in [0.3, 0.4) is 0 Å². The van der Waals surface area contributed by atoms with E-state index in [-0.39, 0.29) is 0 Å². The molecule has 2 rings (SSSR count). The minimum absolute atomic E-state index is 0.537. The van der Waals surface area contributed by atoms with Gasteiger partial charge in [-0.05, 0) is 24.9 Å². The van der Waals surface area contributed by atoms with Gasteiger partial charge < -0.3 is 4.74 Å². The fourth-order valence-corrected chi connectivity index (χ4v) is 1.69. The number of ether oxygens (including phenoxy) is 1. The van der Waals surface area contributed by atoms with E-state index >= 15 is 0 Å². The number of benzene rings is 2. The van der Waals surface area contributed by atoms with Gasteiger partial charge in [0.2, 0.25) is 0 Å². The molecule has 0 unspecified atom stereocenters. The Morgan fingerprint density at radius 2 is 1.93 bits per heavy atom. The molecule has 0 radical (unpaired) electrons. The maximum absolute atomic E-state index is 5.69. The summed E-state index contributed by atoms with van der Waals surface area (Å²) in [5.41, 5.74) is 1.17. The standard InChI is InChI=1S/C13H15NO/c1-10-7-8-11-5-3-4-6-12(11)13(10)15-9-14-2/h3-8,14H,9H2,1-2H3. The molecule has 0 amide bonds. The zero-order valence-corrected chi connectivity index (χ0v) is 9.08. The van der Waals surface area contributed by atoms with Crippen molar-refractivity contribution in [1.29, 1.82) is 0 Å². The first-order valence-corrected chi connectivity index (χ1v) is 5.08. The summed E-state index contributed by atoms with van der Waals surface area (Å²) < 4.78 is 5.69. The van der Waals surface area contributed by atoms with Crippen molar-refractivity contribution in [2.75, 3.05) is 13.8 Å². The molecule has 0 aliphatic heterocycles. The molecule has 0 heterocycles. The van der Waals surface area contributed by atoms with Gasteiger partial charge in [-0.25, -0.2) is 0 Å². The van der Waals surface area contributed by atoms with E-state index in [1.54, 1.807) is 0 Å². The Bertz CT molecular complexity index is 465. The summed E-state index contributed by atoms with van der Waals surface area (Å²) in [4.78, 5) is 0. The monoisotopic (exact) mass is 201 g/mol. The van der Waals surface area contributed by atoms with Crippen molar-refractivity contribution in [2.24, 2.45) is 0 Å². The highest BCUT2D eigenvalue weighted by Gasteiger charge is 2.04. The van der Waals surface area contributed by atoms with E-state index in [9.17, 15) is 0 Å². The van der Waals surface area contributed by atoms with Crippen molar-refractivity contribution in [2.45, 2.75) is 6.92 Å². The first-order valence-electron chi connectivity index (χ1n) is 5.08. The molecule has 0 saturated carbocycles. The SMILES string of the molecule is CNCOc1c(C)ccc2ccccc12. The molecule has 2 aromatic carbocycles. The molecule has 0 aliphatic rings. The first-order chi connectivity index (χ1) is 7.33. The number of hydrogen-bond acceptors (Lipinski definition) is 2. The van der Waals surface area contributed by atoms with Crippen LogP contribution < -0.4 is 10.1 Å². The van der Waals surface area contributed by atoms with Gasteiger partial charge in [0.05, 0.1) is 0 Å². The second-order valence-corrected chi connectivity index (χ2v) is 3.57. The highest BCUT2D eigenvalue weighted by molar-refractivity contribution is 5.89. The van der Waals surface area contributed by atoms with Crippen LogP contribution in [0.15, 0.2) is 36.4 Å². The lowest BCUT2D eigenvalue weighted by Crippen LogP contribution is -2.14. The van der Waals surface area contributed by atoms with Crippen molar-refractivity contribution in [1.82, 2.24) is 5.32 Å². The maximum atomic E-state index is 5.69. The Morgan fingerprint density at radius 1 is 1.13 bits per heavy atom. The van der Waals surface area contributed by atoms with Gasteiger partial charge in [0.15, 0.2) is 0 Å². The third-order valence-electron chi connectivity index (χ3n) is 2.44. The number of aryl methyl sites for hydroxylation is 1. The molecule has 1 N–H and O–H groups in total. The van der Waals surface area contributed by atoms with Crippen LogP contribution in [0.4, 0.5) is 0 Å². The topological polar surface area (TPSA) is 21.3 Å². The molecule has 2 nitrogen and oxygen atoms in total.